The summed E-state index contributed by atoms with van der Waals surface area (Å²) in [5, 5.41) is 11.3. The minimum absolute atomic E-state index is 0.0270. The van der Waals surface area contributed by atoms with Gasteiger partial charge in [-0.3, -0.25) is 14.9 Å². The fraction of sp³-hybridized carbons (Fsp3) is 0.316. The van der Waals surface area contributed by atoms with Crippen LogP contribution in [0, 0.1) is 21.8 Å². The van der Waals surface area contributed by atoms with E-state index in [1.807, 2.05) is 0 Å². The fourth-order valence-electron chi connectivity index (χ4n) is 3.01. The molecule has 0 amide bonds. The number of carbonyl (C=O) groups is 1. The number of methoxy groups -OCH3 is 1. The molecular formula is C19H16F3NO6. The number of halogens is 3. The lowest BCUT2D eigenvalue weighted by Gasteiger charge is -2.12. The molecule has 1 aliphatic rings. The van der Waals surface area contributed by atoms with E-state index in [1.165, 1.54) is 19.2 Å². The molecule has 0 radical (unpaired) electrons. The fourth-order valence-corrected chi connectivity index (χ4v) is 3.01. The summed E-state index contributed by atoms with van der Waals surface area (Å²) < 4.78 is 52.3. The van der Waals surface area contributed by atoms with Crippen LogP contribution >= 0.6 is 0 Å². The molecular weight excluding hydrogens is 395 g/mol. The van der Waals surface area contributed by atoms with Gasteiger partial charge in [-0.25, -0.2) is 4.39 Å². The van der Waals surface area contributed by atoms with Crippen LogP contribution in [0.3, 0.4) is 0 Å². The zero-order chi connectivity index (χ0) is 21.1. The number of rotatable bonds is 8. The monoisotopic (exact) mass is 411 g/mol. The molecule has 3 rings (SSSR count). The summed E-state index contributed by atoms with van der Waals surface area (Å²) in [7, 11) is 1.19. The molecule has 0 bridgehead atoms. The average Bonchev–Trinajstić information content (AvgIpc) is 3.47. The van der Waals surface area contributed by atoms with Gasteiger partial charge in [-0.2, -0.15) is 8.78 Å². The van der Waals surface area contributed by atoms with Crippen LogP contribution < -0.4 is 9.47 Å². The van der Waals surface area contributed by atoms with Crippen molar-refractivity contribution in [2.45, 2.75) is 25.6 Å². The van der Waals surface area contributed by atoms with Crippen molar-refractivity contribution < 1.29 is 37.1 Å². The maximum absolute atomic E-state index is 13.0. The molecule has 29 heavy (non-hydrogen) atoms. The first-order chi connectivity index (χ1) is 13.8. The topological polar surface area (TPSA) is 87.9 Å². The second-order valence-corrected chi connectivity index (χ2v) is 6.38. The van der Waals surface area contributed by atoms with Gasteiger partial charge in [0.05, 0.1) is 29.6 Å². The van der Waals surface area contributed by atoms with Crippen LogP contribution in [-0.4, -0.2) is 24.6 Å². The molecule has 0 saturated heterocycles. The first-order valence-electron chi connectivity index (χ1n) is 8.52. The van der Waals surface area contributed by atoms with Crippen molar-refractivity contribution in [2.24, 2.45) is 5.92 Å². The van der Waals surface area contributed by atoms with Crippen molar-refractivity contribution in [3.63, 3.8) is 0 Å². The minimum atomic E-state index is -3.19. The van der Waals surface area contributed by atoms with E-state index in [9.17, 15) is 28.1 Å². The molecule has 0 aromatic heterocycles. The largest absolute Gasteiger partial charge is 0.493 e. The highest BCUT2D eigenvalue weighted by Gasteiger charge is 2.45. The second kappa shape index (κ2) is 8.38. The third kappa shape index (κ3) is 4.76. The third-order valence-corrected chi connectivity index (χ3v) is 4.54. The zero-order valence-corrected chi connectivity index (χ0v) is 15.1. The lowest BCUT2D eigenvalue weighted by Crippen LogP contribution is -2.10. The van der Waals surface area contributed by atoms with Crippen molar-refractivity contribution >= 4 is 11.7 Å². The van der Waals surface area contributed by atoms with Gasteiger partial charge in [0, 0.05) is 0 Å². The highest BCUT2D eigenvalue weighted by Crippen LogP contribution is 2.48. The number of nitro benzene ring substituents is 1. The van der Waals surface area contributed by atoms with Crippen LogP contribution in [0.4, 0.5) is 18.9 Å². The molecule has 0 heterocycles. The summed E-state index contributed by atoms with van der Waals surface area (Å²) in [5.41, 5.74) is 0.232. The Hall–Kier alpha value is -3.30. The Labute approximate surface area is 163 Å². The number of alkyl halides is 2. The van der Waals surface area contributed by atoms with Crippen LogP contribution in [0.15, 0.2) is 36.4 Å². The van der Waals surface area contributed by atoms with E-state index in [1.54, 1.807) is 12.1 Å². The number of ether oxygens (including phenoxy) is 3. The van der Waals surface area contributed by atoms with Crippen molar-refractivity contribution in [1.82, 2.24) is 0 Å². The molecule has 154 valence electrons. The van der Waals surface area contributed by atoms with Crippen LogP contribution in [-0.2, 0) is 16.1 Å². The maximum Gasteiger partial charge on any atom is 0.387 e. The summed E-state index contributed by atoms with van der Waals surface area (Å²) >= 11 is 0. The average molecular weight is 411 g/mol. The van der Waals surface area contributed by atoms with Crippen LogP contribution in [0.1, 0.15) is 23.5 Å². The van der Waals surface area contributed by atoms with Crippen LogP contribution in [0.25, 0.3) is 0 Å². The van der Waals surface area contributed by atoms with Crippen LogP contribution in [0.5, 0.6) is 11.5 Å². The van der Waals surface area contributed by atoms with E-state index >= 15 is 0 Å². The molecule has 0 aliphatic heterocycles. The Morgan fingerprint density at radius 3 is 2.52 bits per heavy atom. The molecule has 1 fully saturated rings. The Morgan fingerprint density at radius 2 is 1.93 bits per heavy atom. The Morgan fingerprint density at radius 1 is 1.24 bits per heavy atom. The zero-order valence-electron chi connectivity index (χ0n) is 15.1. The van der Waals surface area contributed by atoms with Gasteiger partial charge in [-0.05, 0) is 36.1 Å². The molecule has 1 aliphatic carbocycles. The number of esters is 1. The molecule has 2 aromatic carbocycles. The molecule has 1 saturated carbocycles. The summed E-state index contributed by atoms with van der Waals surface area (Å²) in [4.78, 5) is 22.7. The van der Waals surface area contributed by atoms with E-state index in [4.69, 9.17) is 9.47 Å². The Bertz CT molecular complexity index is 919. The number of nitrogens with zero attached hydrogens (tertiary/aromatic N) is 1. The number of carbonyl (C=O) groups excluding carboxylic acids is 1. The first kappa shape index (κ1) is 20.4. The van der Waals surface area contributed by atoms with E-state index in [0.29, 0.717) is 6.42 Å². The van der Waals surface area contributed by atoms with Crippen molar-refractivity contribution in [2.75, 3.05) is 7.11 Å². The molecule has 7 nitrogen and oxygen atoms in total. The second-order valence-electron chi connectivity index (χ2n) is 6.38. The summed E-state index contributed by atoms with van der Waals surface area (Å²) in [5.74, 6) is -2.12. The van der Waals surface area contributed by atoms with E-state index in [2.05, 4.69) is 4.74 Å². The quantitative estimate of drug-likeness (QED) is 0.368. The Balaban J connectivity index is 1.70. The number of benzene rings is 2. The van der Waals surface area contributed by atoms with Gasteiger partial charge in [-0.15, -0.1) is 0 Å². The maximum atomic E-state index is 13.0. The first-order valence-corrected chi connectivity index (χ1v) is 8.52. The lowest BCUT2D eigenvalue weighted by atomic mass is 10.1. The predicted octanol–water partition coefficient (Wildman–Crippen LogP) is 4.19. The molecule has 0 N–H and O–H groups in total. The summed E-state index contributed by atoms with van der Waals surface area (Å²) in [6.07, 6.45) is 0.525. The number of hydrogen-bond acceptors (Lipinski definition) is 6. The molecule has 2 aromatic rings. The highest BCUT2D eigenvalue weighted by molar-refractivity contribution is 5.77. The molecule has 2 atom stereocenters. The summed E-state index contributed by atoms with van der Waals surface area (Å²) in [6, 6.07) is 7.69. The van der Waals surface area contributed by atoms with Crippen molar-refractivity contribution in [1.29, 1.82) is 0 Å². The molecule has 10 heteroatoms. The van der Waals surface area contributed by atoms with Gasteiger partial charge in [0.1, 0.15) is 12.4 Å². The van der Waals surface area contributed by atoms with E-state index in [-0.39, 0.29) is 23.0 Å². The van der Waals surface area contributed by atoms with E-state index < -0.39 is 41.5 Å². The van der Waals surface area contributed by atoms with Gasteiger partial charge < -0.3 is 14.2 Å². The summed E-state index contributed by atoms with van der Waals surface area (Å²) in [6.45, 7) is -3.63. The lowest BCUT2D eigenvalue weighted by molar-refractivity contribution is -0.386. The van der Waals surface area contributed by atoms with Crippen LogP contribution in [0.2, 0.25) is 0 Å². The third-order valence-electron chi connectivity index (χ3n) is 4.54. The predicted molar refractivity (Wildman–Crippen MR) is 93.3 cm³/mol. The standard InChI is InChI=1S/C19H16F3NO6/c1-27-16-6-11(15(23(25)26)8-17(16)29-19(21)22)9-28-18(24)14-7-13(14)10-2-4-12(20)5-3-10/h2-6,8,13-14,19H,7,9H2,1H3. The molecule has 2 unspecified atom stereocenters. The highest BCUT2D eigenvalue weighted by atomic mass is 19.3. The Kier molecular flexibility index (Phi) is 5.90. The SMILES string of the molecule is COc1cc(COC(=O)C2CC2c2ccc(F)cc2)c([N+](=O)[O-])cc1OC(F)F. The van der Waals surface area contributed by atoms with Gasteiger partial charge in [0.15, 0.2) is 11.5 Å². The van der Waals surface area contributed by atoms with Crippen molar-refractivity contribution in [3.05, 3.63) is 63.5 Å². The smallest absolute Gasteiger partial charge is 0.387 e. The molecule has 0 spiro atoms. The minimum Gasteiger partial charge on any atom is -0.493 e. The van der Waals surface area contributed by atoms with Gasteiger partial charge >= 0.3 is 12.6 Å². The van der Waals surface area contributed by atoms with Crippen molar-refractivity contribution in [3.8, 4) is 11.5 Å². The van der Waals surface area contributed by atoms with Gasteiger partial charge in [-0.1, -0.05) is 12.1 Å². The van der Waals surface area contributed by atoms with Gasteiger partial charge in [0.2, 0.25) is 0 Å². The normalized spacial score (nSPS) is 17.7. The van der Waals surface area contributed by atoms with E-state index in [0.717, 1.165) is 17.7 Å². The number of hydrogen-bond donors (Lipinski definition) is 0. The van der Waals surface area contributed by atoms with Gasteiger partial charge in [0.25, 0.3) is 5.69 Å². The number of nitro groups is 1.